The Balaban J connectivity index is 1.60. The molecular formula is C15H17BrN4O2. The van der Waals surface area contributed by atoms with E-state index in [1.807, 2.05) is 10.9 Å². The van der Waals surface area contributed by atoms with E-state index in [2.05, 4.69) is 31.3 Å². The first kappa shape index (κ1) is 15.2. The van der Waals surface area contributed by atoms with Gasteiger partial charge in [0, 0.05) is 29.7 Å². The molecule has 22 heavy (non-hydrogen) atoms. The number of rotatable bonds is 4. The second-order valence-electron chi connectivity index (χ2n) is 5.29. The minimum absolute atomic E-state index is 0.206. The number of hydrogen-bond acceptors (Lipinski definition) is 4. The molecule has 1 atom stereocenters. The van der Waals surface area contributed by atoms with Gasteiger partial charge in [-0.2, -0.15) is 5.10 Å². The molecular weight excluding hydrogens is 348 g/mol. The molecule has 3 heterocycles. The molecule has 7 heteroatoms. The summed E-state index contributed by atoms with van der Waals surface area (Å²) in [6, 6.07) is 1.72. The summed E-state index contributed by atoms with van der Waals surface area (Å²) >= 11 is 3.30. The fourth-order valence-corrected chi connectivity index (χ4v) is 2.79. The van der Waals surface area contributed by atoms with Gasteiger partial charge in [-0.3, -0.25) is 14.5 Å². The predicted octanol–water partition coefficient (Wildman–Crippen LogP) is 2.86. The van der Waals surface area contributed by atoms with Crippen LogP contribution in [0.1, 0.15) is 29.6 Å². The zero-order chi connectivity index (χ0) is 15.4. The van der Waals surface area contributed by atoms with Crippen LogP contribution in [0.2, 0.25) is 0 Å². The SMILES string of the molecule is O=C(Nc1cnn(CC2CCCCO2)c1)c1cncc(Br)c1. The molecule has 1 N–H and O–H groups in total. The lowest BCUT2D eigenvalue weighted by Crippen LogP contribution is -2.24. The van der Waals surface area contributed by atoms with Gasteiger partial charge in [0.1, 0.15) is 0 Å². The summed E-state index contributed by atoms with van der Waals surface area (Å²) in [6.07, 6.45) is 10.2. The number of aromatic nitrogens is 3. The summed E-state index contributed by atoms with van der Waals surface area (Å²) in [7, 11) is 0. The lowest BCUT2D eigenvalue weighted by atomic mass is 10.1. The molecule has 116 valence electrons. The molecule has 1 unspecified atom stereocenters. The maximum Gasteiger partial charge on any atom is 0.257 e. The lowest BCUT2D eigenvalue weighted by molar-refractivity contribution is 0.00401. The number of amides is 1. The smallest absolute Gasteiger partial charge is 0.257 e. The third-order valence-corrected chi connectivity index (χ3v) is 3.96. The molecule has 0 aromatic carbocycles. The standard InChI is InChI=1S/C15H17BrN4O2/c16-12-5-11(6-17-7-12)15(21)19-13-8-18-20(9-13)10-14-3-1-2-4-22-14/h5-9,14H,1-4,10H2,(H,19,21). The minimum atomic E-state index is -0.206. The van der Waals surface area contributed by atoms with Crippen LogP contribution in [0.15, 0.2) is 35.3 Å². The molecule has 6 nitrogen and oxygen atoms in total. The van der Waals surface area contributed by atoms with Crippen molar-refractivity contribution in [1.82, 2.24) is 14.8 Å². The van der Waals surface area contributed by atoms with Crippen LogP contribution >= 0.6 is 15.9 Å². The van der Waals surface area contributed by atoms with Crippen molar-refractivity contribution in [1.29, 1.82) is 0 Å². The van der Waals surface area contributed by atoms with Crippen molar-refractivity contribution in [3.05, 3.63) is 40.9 Å². The van der Waals surface area contributed by atoms with Gasteiger partial charge in [-0.05, 0) is 41.3 Å². The van der Waals surface area contributed by atoms with Crippen LogP contribution in [-0.2, 0) is 11.3 Å². The van der Waals surface area contributed by atoms with Crippen LogP contribution < -0.4 is 5.32 Å². The molecule has 1 amide bonds. The van der Waals surface area contributed by atoms with Crippen molar-refractivity contribution in [3.63, 3.8) is 0 Å². The van der Waals surface area contributed by atoms with Crippen LogP contribution in [0.25, 0.3) is 0 Å². The summed E-state index contributed by atoms with van der Waals surface area (Å²) in [4.78, 5) is 16.1. The highest BCUT2D eigenvalue weighted by molar-refractivity contribution is 9.10. The topological polar surface area (TPSA) is 69.0 Å². The van der Waals surface area contributed by atoms with E-state index in [0.29, 0.717) is 17.8 Å². The first-order valence-electron chi connectivity index (χ1n) is 7.27. The Morgan fingerprint density at radius 3 is 3.09 bits per heavy atom. The van der Waals surface area contributed by atoms with E-state index in [1.54, 1.807) is 18.5 Å². The summed E-state index contributed by atoms with van der Waals surface area (Å²) in [5.74, 6) is -0.206. The Hall–Kier alpha value is -1.73. The van der Waals surface area contributed by atoms with Crippen LogP contribution in [-0.4, -0.2) is 33.4 Å². The number of pyridine rings is 1. The zero-order valence-corrected chi connectivity index (χ0v) is 13.6. The molecule has 1 saturated heterocycles. The van der Waals surface area contributed by atoms with Crippen molar-refractivity contribution in [3.8, 4) is 0 Å². The van der Waals surface area contributed by atoms with Crippen molar-refractivity contribution in [2.45, 2.75) is 31.9 Å². The second-order valence-corrected chi connectivity index (χ2v) is 6.20. The number of nitrogens with one attached hydrogen (secondary N) is 1. The number of halogens is 1. The summed E-state index contributed by atoms with van der Waals surface area (Å²) < 4.78 is 8.27. The second kappa shape index (κ2) is 7.02. The monoisotopic (exact) mass is 364 g/mol. The van der Waals surface area contributed by atoms with Gasteiger partial charge in [0.25, 0.3) is 5.91 Å². The van der Waals surface area contributed by atoms with Gasteiger partial charge < -0.3 is 10.1 Å². The number of nitrogens with zero attached hydrogens (tertiary/aromatic N) is 3. The van der Waals surface area contributed by atoms with Gasteiger partial charge in [-0.1, -0.05) is 0 Å². The molecule has 0 aliphatic carbocycles. The van der Waals surface area contributed by atoms with Gasteiger partial charge in [0.15, 0.2) is 0 Å². The van der Waals surface area contributed by atoms with E-state index in [9.17, 15) is 4.79 Å². The first-order valence-corrected chi connectivity index (χ1v) is 8.06. The fraction of sp³-hybridized carbons (Fsp3) is 0.400. The van der Waals surface area contributed by atoms with Gasteiger partial charge >= 0.3 is 0 Å². The maximum absolute atomic E-state index is 12.1. The molecule has 2 aromatic heterocycles. The highest BCUT2D eigenvalue weighted by Gasteiger charge is 2.15. The van der Waals surface area contributed by atoms with Crippen LogP contribution in [0, 0.1) is 0 Å². The Morgan fingerprint density at radius 2 is 2.32 bits per heavy atom. The van der Waals surface area contributed by atoms with Gasteiger partial charge in [0.2, 0.25) is 0 Å². The third kappa shape index (κ3) is 3.92. The van der Waals surface area contributed by atoms with E-state index in [-0.39, 0.29) is 12.0 Å². The predicted molar refractivity (Wildman–Crippen MR) is 85.7 cm³/mol. The molecule has 0 saturated carbocycles. The molecule has 0 radical (unpaired) electrons. The van der Waals surface area contributed by atoms with E-state index < -0.39 is 0 Å². The molecule has 1 aliphatic heterocycles. The quantitative estimate of drug-likeness (QED) is 0.905. The first-order chi connectivity index (χ1) is 10.7. The highest BCUT2D eigenvalue weighted by atomic mass is 79.9. The number of ether oxygens (including phenoxy) is 1. The molecule has 1 aliphatic rings. The van der Waals surface area contributed by atoms with Gasteiger partial charge in [-0.15, -0.1) is 0 Å². The van der Waals surface area contributed by atoms with Crippen LogP contribution in [0.4, 0.5) is 5.69 Å². The van der Waals surface area contributed by atoms with Crippen molar-refractivity contribution in [2.24, 2.45) is 0 Å². The molecule has 1 fully saturated rings. The molecule has 3 rings (SSSR count). The average Bonchev–Trinajstić information content (AvgIpc) is 2.95. The highest BCUT2D eigenvalue weighted by Crippen LogP contribution is 2.16. The summed E-state index contributed by atoms with van der Waals surface area (Å²) in [5.41, 5.74) is 1.17. The van der Waals surface area contributed by atoms with Gasteiger partial charge in [-0.25, -0.2) is 0 Å². The van der Waals surface area contributed by atoms with Gasteiger partial charge in [0.05, 0.1) is 30.1 Å². The van der Waals surface area contributed by atoms with E-state index in [1.165, 1.54) is 12.6 Å². The largest absolute Gasteiger partial charge is 0.376 e. The van der Waals surface area contributed by atoms with Crippen molar-refractivity contribution >= 4 is 27.5 Å². The van der Waals surface area contributed by atoms with Crippen molar-refractivity contribution in [2.75, 3.05) is 11.9 Å². The maximum atomic E-state index is 12.1. The molecule has 0 spiro atoms. The normalized spacial score (nSPS) is 18.1. The summed E-state index contributed by atoms with van der Waals surface area (Å²) in [5, 5.41) is 7.09. The van der Waals surface area contributed by atoms with E-state index in [0.717, 1.165) is 23.9 Å². The minimum Gasteiger partial charge on any atom is -0.376 e. The fourth-order valence-electron chi connectivity index (χ4n) is 2.43. The number of anilines is 1. The number of carbonyl (C=O) groups excluding carboxylic acids is 1. The Kier molecular flexibility index (Phi) is 4.84. The molecule has 0 bridgehead atoms. The lowest BCUT2D eigenvalue weighted by Gasteiger charge is -2.22. The van der Waals surface area contributed by atoms with Crippen LogP contribution in [0.3, 0.4) is 0 Å². The summed E-state index contributed by atoms with van der Waals surface area (Å²) in [6.45, 7) is 1.54. The van der Waals surface area contributed by atoms with Crippen LogP contribution in [0.5, 0.6) is 0 Å². The van der Waals surface area contributed by atoms with E-state index in [4.69, 9.17) is 4.74 Å². The Bertz CT molecular complexity index is 652. The van der Waals surface area contributed by atoms with Crippen molar-refractivity contribution < 1.29 is 9.53 Å². The Labute approximate surface area is 137 Å². The third-order valence-electron chi connectivity index (χ3n) is 3.52. The number of hydrogen-bond donors (Lipinski definition) is 1. The van der Waals surface area contributed by atoms with E-state index >= 15 is 0 Å². The Morgan fingerprint density at radius 1 is 1.41 bits per heavy atom. The number of carbonyl (C=O) groups is 1. The molecule has 2 aromatic rings. The zero-order valence-electron chi connectivity index (χ0n) is 12.0. The average molecular weight is 365 g/mol.